The molecule has 86 valence electrons. The molecule has 1 aromatic carbocycles. The SMILES string of the molecule is CC(C(=O)c1ccccc1)N1CCC(N)C1. The molecule has 2 N–H and O–H groups in total. The predicted molar refractivity (Wildman–Crippen MR) is 64.4 cm³/mol. The number of carbonyl (C=O) groups excluding carboxylic acids is 1. The molecule has 0 radical (unpaired) electrons. The van der Waals surface area contributed by atoms with Crippen molar-refractivity contribution >= 4 is 5.78 Å². The Morgan fingerprint density at radius 2 is 2.12 bits per heavy atom. The van der Waals surface area contributed by atoms with Crippen molar-refractivity contribution in [1.82, 2.24) is 4.90 Å². The zero-order valence-corrected chi connectivity index (χ0v) is 9.60. The molecular formula is C13H18N2O. The maximum Gasteiger partial charge on any atom is 0.179 e. The van der Waals surface area contributed by atoms with Crippen LogP contribution in [0, 0.1) is 0 Å². The van der Waals surface area contributed by atoms with E-state index in [1.807, 2.05) is 37.3 Å². The molecule has 16 heavy (non-hydrogen) atoms. The fourth-order valence-corrected chi connectivity index (χ4v) is 2.18. The number of ketones is 1. The fourth-order valence-electron chi connectivity index (χ4n) is 2.18. The highest BCUT2D eigenvalue weighted by atomic mass is 16.1. The summed E-state index contributed by atoms with van der Waals surface area (Å²) in [5.41, 5.74) is 6.64. The van der Waals surface area contributed by atoms with E-state index in [1.165, 1.54) is 0 Å². The smallest absolute Gasteiger partial charge is 0.179 e. The summed E-state index contributed by atoms with van der Waals surface area (Å²) in [6, 6.07) is 9.63. The Kier molecular flexibility index (Phi) is 3.36. The number of benzene rings is 1. The number of nitrogens with zero attached hydrogens (tertiary/aromatic N) is 1. The van der Waals surface area contributed by atoms with Gasteiger partial charge in [0.2, 0.25) is 0 Å². The van der Waals surface area contributed by atoms with Gasteiger partial charge in [0.15, 0.2) is 5.78 Å². The lowest BCUT2D eigenvalue weighted by Gasteiger charge is -2.22. The van der Waals surface area contributed by atoms with E-state index in [2.05, 4.69) is 4.90 Å². The largest absolute Gasteiger partial charge is 0.326 e. The molecule has 1 aromatic rings. The van der Waals surface area contributed by atoms with Crippen molar-refractivity contribution in [1.29, 1.82) is 0 Å². The first kappa shape index (κ1) is 11.3. The summed E-state index contributed by atoms with van der Waals surface area (Å²) >= 11 is 0. The Hall–Kier alpha value is -1.19. The number of Topliss-reactive ketones (excluding diaryl/α,β-unsaturated/α-hetero) is 1. The summed E-state index contributed by atoms with van der Waals surface area (Å²) in [6.07, 6.45) is 0.992. The molecule has 1 saturated heterocycles. The van der Waals surface area contributed by atoms with Crippen LogP contribution in [0.25, 0.3) is 0 Å². The summed E-state index contributed by atoms with van der Waals surface area (Å²) in [5, 5.41) is 0. The summed E-state index contributed by atoms with van der Waals surface area (Å²) in [4.78, 5) is 14.3. The first-order chi connectivity index (χ1) is 7.68. The van der Waals surface area contributed by atoms with Crippen molar-refractivity contribution in [2.75, 3.05) is 13.1 Å². The van der Waals surface area contributed by atoms with E-state index in [4.69, 9.17) is 5.73 Å². The van der Waals surface area contributed by atoms with Gasteiger partial charge in [0.25, 0.3) is 0 Å². The zero-order chi connectivity index (χ0) is 11.5. The molecule has 2 rings (SSSR count). The van der Waals surface area contributed by atoms with Crippen LogP contribution in [0.15, 0.2) is 30.3 Å². The second-order valence-electron chi connectivity index (χ2n) is 4.45. The third kappa shape index (κ3) is 2.31. The maximum absolute atomic E-state index is 12.2. The van der Waals surface area contributed by atoms with Gasteiger partial charge < -0.3 is 5.73 Å². The molecule has 2 unspecified atom stereocenters. The molecule has 1 heterocycles. The minimum atomic E-state index is -0.0593. The van der Waals surface area contributed by atoms with Gasteiger partial charge in [-0.05, 0) is 13.3 Å². The first-order valence-electron chi connectivity index (χ1n) is 5.77. The molecular weight excluding hydrogens is 200 g/mol. The van der Waals surface area contributed by atoms with E-state index in [0.717, 1.165) is 25.1 Å². The second-order valence-corrected chi connectivity index (χ2v) is 4.45. The monoisotopic (exact) mass is 218 g/mol. The molecule has 1 aliphatic heterocycles. The van der Waals surface area contributed by atoms with Gasteiger partial charge in [-0.1, -0.05) is 30.3 Å². The maximum atomic E-state index is 12.2. The highest BCUT2D eigenvalue weighted by Crippen LogP contribution is 2.14. The molecule has 0 aromatic heterocycles. The van der Waals surface area contributed by atoms with E-state index < -0.39 is 0 Å². The zero-order valence-electron chi connectivity index (χ0n) is 9.60. The number of nitrogens with two attached hydrogens (primary N) is 1. The van der Waals surface area contributed by atoms with Gasteiger partial charge in [-0.3, -0.25) is 9.69 Å². The molecule has 0 bridgehead atoms. The van der Waals surface area contributed by atoms with E-state index >= 15 is 0 Å². The van der Waals surface area contributed by atoms with Crippen LogP contribution in [0.3, 0.4) is 0 Å². The van der Waals surface area contributed by atoms with Crippen molar-refractivity contribution in [2.24, 2.45) is 5.73 Å². The van der Waals surface area contributed by atoms with Crippen LogP contribution in [0.4, 0.5) is 0 Å². The van der Waals surface area contributed by atoms with Crippen LogP contribution in [0.2, 0.25) is 0 Å². The highest BCUT2D eigenvalue weighted by Gasteiger charge is 2.27. The number of rotatable bonds is 3. The van der Waals surface area contributed by atoms with Crippen LogP contribution in [-0.4, -0.2) is 35.9 Å². The molecule has 3 heteroatoms. The number of hydrogen-bond donors (Lipinski definition) is 1. The Labute approximate surface area is 96.2 Å². The standard InChI is InChI=1S/C13H18N2O/c1-10(15-8-7-12(14)9-15)13(16)11-5-3-2-4-6-11/h2-6,10,12H,7-9,14H2,1H3. The van der Waals surface area contributed by atoms with Crippen LogP contribution in [0.5, 0.6) is 0 Å². The Morgan fingerprint density at radius 1 is 1.44 bits per heavy atom. The molecule has 3 nitrogen and oxygen atoms in total. The van der Waals surface area contributed by atoms with E-state index in [0.29, 0.717) is 0 Å². The van der Waals surface area contributed by atoms with Crippen LogP contribution in [-0.2, 0) is 0 Å². The molecule has 0 amide bonds. The van der Waals surface area contributed by atoms with Crippen molar-refractivity contribution in [3.05, 3.63) is 35.9 Å². The minimum Gasteiger partial charge on any atom is -0.326 e. The van der Waals surface area contributed by atoms with E-state index in [-0.39, 0.29) is 17.9 Å². The third-order valence-corrected chi connectivity index (χ3v) is 3.24. The molecule has 1 aliphatic rings. The van der Waals surface area contributed by atoms with Gasteiger partial charge in [-0.2, -0.15) is 0 Å². The van der Waals surface area contributed by atoms with Crippen molar-refractivity contribution in [3.8, 4) is 0 Å². The Balaban J connectivity index is 2.05. The number of hydrogen-bond acceptors (Lipinski definition) is 3. The third-order valence-electron chi connectivity index (χ3n) is 3.24. The van der Waals surface area contributed by atoms with Gasteiger partial charge in [0.1, 0.15) is 0 Å². The lowest BCUT2D eigenvalue weighted by atomic mass is 10.0. The first-order valence-corrected chi connectivity index (χ1v) is 5.77. The van der Waals surface area contributed by atoms with Gasteiger partial charge in [-0.25, -0.2) is 0 Å². The van der Waals surface area contributed by atoms with Crippen molar-refractivity contribution in [3.63, 3.8) is 0 Å². The average molecular weight is 218 g/mol. The van der Waals surface area contributed by atoms with Crippen LogP contribution < -0.4 is 5.73 Å². The Morgan fingerprint density at radius 3 is 2.69 bits per heavy atom. The average Bonchev–Trinajstić information content (AvgIpc) is 2.75. The van der Waals surface area contributed by atoms with E-state index in [1.54, 1.807) is 0 Å². The normalized spacial score (nSPS) is 23.2. The lowest BCUT2D eigenvalue weighted by molar-refractivity contribution is 0.0866. The van der Waals surface area contributed by atoms with Crippen LogP contribution in [0.1, 0.15) is 23.7 Å². The summed E-state index contributed by atoms with van der Waals surface area (Å²) in [6.45, 7) is 3.73. The molecule has 0 spiro atoms. The predicted octanol–water partition coefficient (Wildman–Crippen LogP) is 1.29. The number of carbonyl (C=O) groups is 1. The minimum absolute atomic E-state index is 0.0593. The van der Waals surface area contributed by atoms with Crippen molar-refractivity contribution in [2.45, 2.75) is 25.4 Å². The summed E-state index contributed by atoms with van der Waals surface area (Å²) < 4.78 is 0. The Bertz CT molecular complexity index is 363. The van der Waals surface area contributed by atoms with Gasteiger partial charge in [0, 0.05) is 24.7 Å². The molecule has 2 atom stereocenters. The topological polar surface area (TPSA) is 46.3 Å². The summed E-state index contributed by atoms with van der Waals surface area (Å²) in [7, 11) is 0. The molecule has 0 aliphatic carbocycles. The van der Waals surface area contributed by atoms with Crippen LogP contribution >= 0.6 is 0 Å². The highest BCUT2D eigenvalue weighted by molar-refractivity contribution is 5.99. The van der Waals surface area contributed by atoms with E-state index in [9.17, 15) is 4.79 Å². The lowest BCUT2D eigenvalue weighted by Crippen LogP contribution is -2.38. The summed E-state index contributed by atoms with van der Waals surface area (Å²) in [5.74, 6) is 0.190. The molecule has 0 saturated carbocycles. The fraction of sp³-hybridized carbons (Fsp3) is 0.462. The second kappa shape index (κ2) is 4.76. The molecule has 1 fully saturated rings. The van der Waals surface area contributed by atoms with Crippen molar-refractivity contribution < 1.29 is 4.79 Å². The number of likely N-dealkylation sites (tertiary alicyclic amines) is 1. The van der Waals surface area contributed by atoms with Gasteiger partial charge >= 0.3 is 0 Å². The van der Waals surface area contributed by atoms with Gasteiger partial charge in [-0.15, -0.1) is 0 Å². The van der Waals surface area contributed by atoms with Gasteiger partial charge in [0.05, 0.1) is 6.04 Å². The quantitative estimate of drug-likeness (QED) is 0.778.